The van der Waals surface area contributed by atoms with Crippen LogP contribution in [0.4, 0.5) is 10.6 Å². The van der Waals surface area contributed by atoms with Crippen LogP contribution in [0.15, 0.2) is 28.3 Å². The van der Waals surface area contributed by atoms with Gasteiger partial charge in [-0.2, -0.15) is 0 Å². The molecule has 0 spiro atoms. The van der Waals surface area contributed by atoms with Gasteiger partial charge in [0.25, 0.3) is 11.8 Å². The van der Waals surface area contributed by atoms with E-state index in [9.17, 15) is 74.4 Å². The molecule has 2 aliphatic heterocycles. The molecule has 1 aliphatic carbocycles. The summed E-state index contributed by atoms with van der Waals surface area (Å²) < 4.78 is 28.8. The second-order valence-electron chi connectivity index (χ2n) is 23.6. The predicted molar refractivity (Wildman–Crippen MR) is 342 cm³/mol. The van der Waals surface area contributed by atoms with Crippen molar-refractivity contribution in [2.24, 2.45) is 45.3 Å². The summed E-state index contributed by atoms with van der Waals surface area (Å²) in [7, 11) is 0. The smallest absolute Gasteiger partial charge is 0.404 e. The summed E-state index contributed by atoms with van der Waals surface area (Å²) in [5, 5.41) is 109. The number of hydrogen-bond acceptors (Lipinski definition) is 32. The molecule has 0 aromatic carbocycles. The summed E-state index contributed by atoms with van der Waals surface area (Å²) in [6.45, 7) is 2.23. The molecule has 0 bridgehead atoms. The van der Waals surface area contributed by atoms with Gasteiger partial charge in [-0.05, 0) is 39.5 Å². The van der Waals surface area contributed by atoms with Gasteiger partial charge in [0.05, 0.1) is 72.2 Å². The molecule has 6 heterocycles. The fraction of sp³-hybridized carbons (Fsp3) is 0.607. The molecule has 2 saturated heterocycles. The van der Waals surface area contributed by atoms with E-state index in [0.29, 0.717) is 41.6 Å². The molecular weight excluding hydrogens is 1350 g/mol. The van der Waals surface area contributed by atoms with Gasteiger partial charge in [0.15, 0.2) is 24.6 Å². The zero-order valence-corrected chi connectivity index (χ0v) is 55.2. The van der Waals surface area contributed by atoms with E-state index < -0.39 is 182 Å². The minimum Gasteiger partial charge on any atom is -0.441 e. The molecule has 0 radical (unpaired) electrons. The summed E-state index contributed by atoms with van der Waals surface area (Å²) >= 11 is 2.48. The highest BCUT2D eigenvalue weighted by Gasteiger charge is 2.55. The van der Waals surface area contributed by atoms with Crippen molar-refractivity contribution < 1.29 is 103 Å². The number of ether oxygens (including phenoxy) is 5. The standard InChI is InChI=1S/C56H84N20O21S2/c1-20-32(73-45(76-43(20)59)24(12-30(58)79)68-13-23(57)44(60)85)48(88)74-33(39(25-14-64-19-69-25)95-53-41(37(83)35(81)28(15-77)94-53)96-52-38(84)40(97-55(63)91)36(82)29(16-78)93-52)49(89)70-22(3)34(80)21(2)46(86)75-42(56(92)7-8-56)50(90)66-11-6-31-71-27(18-98-31)51-72-26(17-99-51)47(87)65-9-4-5-10-67-54(61)62/h14,17-19,21-24,28-29,33-42,52-53,68,77-78,80-84,92H,4-13,15-16,57H2,1-3H3,(H2,58,79)(H2,60,85)(H2,63,91)(H,64,69)(H,65,87)(H,66,90)(H,70,89)(H,74,88)(H,75,86)(H2,59,73,76)(H4,61,62,67). The Morgan fingerprint density at radius 2 is 1.51 bits per heavy atom. The highest BCUT2D eigenvalue weighted by Crippen LogP contribution is 2.39. The van der Waals surface area contributed by atoms with Crippen LogP contribution in [-0.2, 0) is 54.1 Å². The number of nitrogens with two attached hydrogens (primary N) is 7. The Morgan fingerprint density at radius 3 is 2.14 bits per heavy atom. The number of nitrogens with zero attached hydrogens (tertiary/aromatic N) is 6. The summed E-state index contributed by atoms with van der Waals surface area (Å²) in [4.78, 5) is 135. The first-order chi connectivity index (χ1) is 46.9. The van der Waals surface area contributed by atoms with Gasteiger partial charge < -0.3 is 142 Å². The number of amides is 8. The van der Waals surface area contributed by atoms with E-state index in [0.717, 1.165) is 12.5 Å². The number of aromatic nitrogens is 6. The molecule has 1 saturated carbocycles. The number of aliphatic hydroxyl groups excluding tert-OH is 7. The molecule has 546 valence electrons. The Hall–Kier alpha value is -8.38. The van der Waals surface area contributed by atoms with Crippen LogP contribution in [0, 0.1) is 12.8 Å². The predicted octanol–water partition coefficient (Wildman–Crippen LogP) is -8.77. The minimum absolute atomic E-state index is 0.00935. The highest BCUT2D eigenvalue weighted by molar-refractivity contribution is 7.14. The molecule has 4 aromatic rings. The first-order valence-electron chi connectivity index (χ1n) is 30.9. The molecule has 3 fully saturated rings. The van der Waals surface area contributed by atoms with Gasteiger partial charge in [0.2, 0.25) is 29.5 Å². The number of carbonyl (C=O) groups is 8. The van der Waals surface area contributed by atoms with Gasteiger partial charge in [0, 0.05) is 55.3 Å². The molecule has 18 unspecified atom stereocenters. The van der Waals surface area contributed by atoms with Gasteiger partial charge in [-0.15, -0.1) is 22.7 Å². The number of carbonyl (C=O) groups excluding carboxylic acids is 8. The number of aliphatic hydroxyl groups is 8. The van der Waals surface area contributed by atoms with E-state index in [1.165, 1.54) is 43.4 Å². The molecule has 29 N–H and O–H groups in total. The third kappa shape index (κ3) is 20.4. The average molecular weight is 1440 g/mol. The van der Waals surface area contributed by atoms with Crippen LogP contribution in [0.3, 0.4) is 0 Å². The molecule has 41 nitrogen and oxygen atoms in total. The number of anilines is 1. The minimum atomic E-state index is -2.20. The van der Waals surface area contributed by atoms with E-state index in [4.69, 9.17) is 63.8 Å². The topological polar surface area (TPSA) is 691 Å². The number of rotatable bonds is 36. The van der Waals surface area contributed by atoms with Crippen molar-refractivity contribution >= 4 is 81.9 Å². The van der Waals surface area contributed by atoms with Crippen LogP contribution in [0.2, 0.25) is 0 Å². The summed E-state index contributed by atoms with van der Waals surface area (Å²) in [6.07, 6.45) is -22.1. The fourth-order valence-electron chi connectivity index (χ4n) is 10.3. The van der Waals surface area contributed by atoms with Crippen LogP contribution in [-0.4, -0.2) is 261 Å². The molecule has 43 heteroatoms. The summed E-state index contributed by atoms with van der Waals surface area (Å²) in [5.74, 6) is -8.73. The summed E-state index contributed by atoms with van der Waals surface area (Å²) in [5.41, 5.74) is 37.0. The number of aliphatic imine (C=N–C) groups is 1. The third-order valence-corrected chi connectivity index (χ3v) is 18.0. The normalized spacial score (nSPS) is 24.2. The average Bonchev–Trinajstić information content (AvgIpc) is 1.55. The number of unbranched alkanes of at least 4 members (excludes halogenated alkanes) is 1. The quantitative estimate of drug-likeness (QED) is 0.0114. The number of imidazole rings is 1. The van der Waals surface area contributed by atoms with E-state index in [1.54, 1.807) is 10.8 Å². The monoisotopic (exact) mass is 1440 g/mol. The number of guanidine groups is 1. The van der Waals surface area contributed by atoms with Crippen molar-refractivity contribution in [1.29, 1.82) is 0 Å². The number of primary amides is 3. The SMILES string of the molecule is Cc1c(N)nc(C(CC(N)=O)NCC(N)C(N)=O)nc1C(=O)NC(C(=O)NC(C)C(O)C(C)C(=O)NC(C(=O)NCCc1nc(-c2nc(C(=O)NCCCCN=C(N)N)cs2)cs1)C1(O)CC1)C(OC1OC(CO)C(O)C(O)C1OC1OC(CO)C(O)C(OC(N)=O)C1O)c1cnc[nH]1. The van der Waals surface area contributed by atoms with Crippen LogP contribution in [0.5, 0.6) is 0 Å². The van der Waals surface area contributed by atoms with Crippen LogP contribution < -0.4 is 72.0 Å². The Kier molecular flexibility index (Phi) is 27.6. The molecule has 99 heavy (non-hydrogen) atoms. The number of nitrogen functional groups attached to an aromatic ring is 1. The lowest BCUT2D eigenvalue weighted by molar-refractivity contribution is -0.372. The molecule has 3 aliphatic rings. The van der Waals surface area contributed by atoms with E-state index in [-0.39, 0.29) is 72.8 Å². The van der Waals surface area contributed by atoms with Crippen molar-refractivity contribution in [2.45, 2.75) is 169 Å². The van der Waals surface area contributed by atoms with Crippen molar-refractivity contribution in [1.82, 2.24) is 61.8 Å². The fourth-order valence-corrected chi connectivity index (χ4v) is 11.9. The third-order valence-electron chi connectivity index (χ3n) is 16.2. The second-order valence-corrected chi connectivity index (χ2v) is 25.4. The lowest BCUT2D eigenvalue weighted by atomic mass is 9.96. The van der Waals surface area contributed by atoms with Crippen LogP contribution >= 0.6 is 22.7 Å². The van der Waals surface area contributed by atoms with Gasteiger partial charge in [-0.25, -0.2) is 29.7 Å². The number of hydrogen-bond donors (Lipinski definition) is 22. The molecule has 4 aromatic heterocycles. The van der Waals surface area contributed by atoms with Gasteiger partial charge >= 0.3 is 6.09 Å². The Balaban J connectivity index is 1.12. The summed E-state index contributed by atoms with van der Waals surface area (Å²) in [6, 6.07) is -7.82. The Bertz CT molecular complexity index is 3470. The maximum absolute atomic E-state index is 15.2. The zero-order valence-electron chi connectivity index (χ0n) is 53.6. The van der Waals surface area contributed by atoms with E-state index in [2.05, 4.69) is 66.8 Å². The number of aromatic amines is 1. The first-order valence-corrected chi connectivity index (χ1v) is 32.7. The van der Waals surface area contributed by atoms with E-state index >= 15 is 4.79 Å². The van der Waals surface area contributed by atoms with Gasteiger partial charge in [-0.3, -0.25) is 38.6 Å². The lowest BCUT2D eigenvalue weighted by Gasteiger charge is -2.47. The first kappa shape index (κ1) is 78.0. The highest BCUT2D eigenvalue weighted by atomic mass is 32.1. The molecular formula is C56H84N20O21S2. The van der Waals surface area contributed by atoms with Crippen molar-refractivity contribution in [2.75, 3.05) is 45.1 Å². The molecule has 8 amide bonds. The maximum Gasteiger partial charge on any atom is 0.404 e. The number of H-pyrrole nitrogens is 1. The maximum atomic E-state index is 15.2. The van der Waals surface area contributed by atoms with Gasteiger partial charge in [0.1, 0.15) is 94.6 Å². The number of nitrogens with one attached hydrogen (secondary N) is 7. The lowest BCUT2D eigenvalue weighted by Crippen LogP contribution is -2.65. The molecule has 18 atom stereocenters. The number of thiazole rings is 2. The zero-order chi connectivity index (χ0) is 72.7. The van der Waals surface area contributed by atoms with E-state index in [1.807, 2.05) is 0 Å². The van der Waals surface area contributed by atoms with Crippen molar-refractivity contribution in [3.63, 3.8) is 0 Å². The van der Waals surface area contributed by atoms with Crippen LogP contribution in [0.25, 0.3) is 10.7 Å². The van der Waals surface area contributed by atoms with Crippen molar-refractivity contribution in [3.05, 3.63) is 56.8 Å². The largest absolute Gasteiger partial charge is 0.441 e. The van der Waals surface area contributed by atoms with Crippen molar-refractivity contribution in [3.8, 4) is 10.7 Å². The van der Waals surface area contributed by atoms with Gasteiger partial charge in [-0.1, -0.05) is 6.92 Å². The van der Waals surface area contributed by atoms with Crippen LogP contribution in [0.1, 0.15) is 101 Å². The molecule has 7 rings (SSSR count). The Labute approximate surface area is 571 Å². The Morgan fingerprint density at radius 1 is 0.808 bits per heavy atom. The second kappa shape index (κ2) is 35.1.